The summed E-state index contributed by atoms with van der Waals surface area (Å²) in [6.45, 7) is -0.103. The van der Waals surface area contributed by atoms with Crippen molar-refractivity contribution in [3.63, 3.8) is 0 Å². The van der Waals surface area contributed by atoms with Gasteiger partial charge in [-0.15, -0.1) is 0 Å². The Morgan fingerprint density at radius 3 is 2.66 bits per heavy atom. The summed E-state index contributed by atoms with van der Waals surface area (Å²) in [7, 11) is -3.31. The zero-order chi connectivity index (χ0) is 20.8. The Balaban J connectivity index is 1.70. The number of hydrogen-bond acceptors (Lipinski definition) is 6. The number of rotatable bonds is 7. The molecule has 1 fully saturated rings. The fraction of sp³-hybridized carbons (Fsp3) is 0.389. The molecule has 0 N–H and O–H groups in total. The third kappa shape index (κ3) is 3.91. The van der Waals surface area contributed by atoms with Gasteiger partial charge in [-0.1, -0.05) is 35.0 Å². The van der Waals surface area contributed by atoms with E-state index in [0.29, 0.717) is 10.8 Å². The lowest BCUT2D eigenvalue weighted by Gasteiger charge is -2.12. The van der Waals surface area contributed by atoms with Gasteiger partial charge in [-0.2, -0.15) is 10.1 Å². The van der Waals surface area contributed by atoms with Crippen molar-refractivity contribution in [3.05, 3.63) is 52.4 Å². The van der Waals surface area contributed by atoms with Crippen LogP contribution in [0, 0.1) is 0 Å². The SMILES string of the molecule is CS(=O)(=O)CCn1nc(C(F)F)cc1-c1nc(C2(c3ccccc3Cl)CC2)no1. The van der Waals surface area contributed by atoms with Gasteiger partial charge in [-0.05, 0) is 30.5 Å². The summed E-state index contributed by atoms with van der Waals surface area (Å²) >= 11 is 6.33. The van der Waals surface area contributed by atoms with E-state index in [0.717, 1.165) is 35.4 Å². The Bertz CT molecular complexity index is 1160. The monoisotopic (exact) mass is 442 g/mol. The first-order valence-electron chi connectivity index (χ1n) is 8.83. The van der Waals surface area contributed by atoms with Gasteiger partial charge in [0.25, 0.3) is 12.3 Å². The first-order valence-corrected chi connectivity index (χ1v) is 11.3. The van der Waals surface area contributed by atoms with Crippen molar-refractivity contribution < 1.29 is 21.7 Å². The Labute approximate surface area is 170 Å². The molecule has 0 bridgehead atoms. The lowest BCUT2D eigenvalue weighted by Crippen LogP contribution is -2.14. The van der Waals surface area contributed by atoms with Crippen LogP contribution in [0.15, 0.2) is 34.9 Å². The van der Waals surface area contributed by atoms with E-state index in [1.165, 1.54) is 0 Å². The number of aryl methyl sites for hydroxylation is 1. The molecule has 1 aliphatic carbocycles. The Hall–Kier alpha value is -2.33. The van der Waals surface area contributed by atoms with Crippen LogP contribution < -0.4 is 0 Å². The number of nitrogens with zero attached hydrogens (tertiary/aromatic N) is 4. The summed E-state index contributed by atoms with van der Waals surface area (Å²) < 4.78 is 55.7. The highest BCUT2D eigenvalue weighted by Gasteiger charge is 2.51. The maximum Gasteiger partial charge on any atom is 0.282 e. The highest BCUT2D eigenvalue weighted by atomic mass is 35.5. The van der Waals surface area contributed by atoms with Crippen molar-refractivity contribution in [2.45, 2.75) is 31.2 Å². The van der Waals surface area contributed by atoms with Gasteiger partial charge in [0.15, 0.2) is 5.82 Å². The maximum atomic E-state index is 13.1. The molecule has 1 saturated carbocycles. The zero-order valence-corrected chi connectivity index (χ0v) is 16.9. The first-order chi connectivity index (χ1) is 13.7. The molecule has 4 rings (SSSR count). The topological polar surface area (TPSA) is 90.9 Å². The van der Waals surface area contributed by atoms with E-state index in [-0.39, 0.29) is 23.9 Å². The molecule has 11 heteroatoms. The van der Waals surface area contributed by atoms with E-state index in [2.05, 4.69) is 15.2 Å². The van der Waals surface area contributed by atoms with Crippen molar-refractivity contribution in [1.82, 2.24) is 19.9 Å². The van der Waals surface area contributed by atoms with Crippen LogP contribution in [0.3, 0.4) is 0 Å². The van der Waals surface area contributed by atoms with E-state index < -0.39 is 27.4 Å². The molecule has 0 atom stereocenters. The van der Waals surface area contributed by atoms with Gasteiger partial charge in [0.1, 0.15) is 21.2 Å². The first kappa shape index (κ1) is 20.0. The molecule has 1 aliphatic rings. The van der Waals surface area contributed by atoms with Gasteiger partial charge in [-0.25, -0.2) is 17.2 Å². The van der Waals surface area contributed by atoms with Crippen molar-refractivity contribution >= 4 is 21.4 Å². The summed E-state index contributed by atoms with van der Waals surface area (Å²) in [5, 5.41) is 8.45. The molecule has 3 aromatic rings. The average molecular weight is 443 g/mol. The predicted molar refractivity (Wildman–Crippen MR) is 102 cm³/mol. The van der Waals surface area contributed by atoms with Crippen LogP contribution in [0.2, 0.25) is 5.02 Å². The highest BCUT2D eigenvalue weighted by molar-refractivity contribution is 7.90. The molecule has 0 amide bonds. The number of aromatic nitrogens is 4. The Kier molecular flexibility index (Phi) is 4.94. The van der Waals surface area contributed by atoms with Crippen LogP contribution >= 0.6 is 11.6 Å². The second kappa shape index (κ2) is 7.17. The standard InChI is InChI=1S/C18H17ClF2N4O3S/c1-29(26,27)9-8-25-14(10-13(23-25)15(20)21)16-22-17(24-28-16)18(6-7-18)11-4-2-3-5-12(11)19/h2-5,10,15H,6-9H2,1H3. The van der Waals surface area contributed by atoms with Crippen molar-refractivity contribution in [2.75, 3.05) is 12.0 Å². The minimum absolute atomic E-state index is 0.00577. The summed E-state index contributed by atoms with van der Waals surface area (Å²) in [4.78, 5) is 4.42. The molecule has 29 heavy (non-hydrogen) atoms. The molecule has 0 saturated heterocycles. The molecule has 0 spiro atoms. The summed E-state index contributed by atoms with van der Waals surface area (Å²) in [6, 6.07) is 8.52. The van der Waals surface area contributed by atoms with E-state index in [1.54, 1.807) is 6.07 Å². The summed E-state index contributed by atoms with van der Waals surface area (Å²) in [5.41, 5.74) is 0.0782. The summed E-state index contributed by atoms with van der Waals surface area (Å²) in [5.74, 6) is 0.163. The molecule has 154 valence electrons. The molecule has 7 nitrogen and oxygen atoms in total. The number of sulfone groups is 1. The zero-order valence-electron chi connectivity index (χ0n) is 15.3. The van der Waals surface area contributed by atoms with Gasteiger partial charge >= 0.3 is 0 Å². The van der Waals surface area contributed by atoms with Crippen LogP contribution in [-0.2, 0) is 21.8 Å². The highest BCUT2D eigenvalue weighted by Crippen LogP contribution is 2.54. The minimum atomic E-state index is -3.31. The predicted octanol–water partition coefficient (Wildman–Crippen LogP) is 3.65. The third-order valence-electron chi connectivity index (χ3n) is 4.91. The number of halogens is 3. The Morgan fingerprint density at radius 2 is 2.03 bits per heavy atom. The van der Waals surface area contributed by atoms with Crippen molar-refractivity contribution in [1.29, 1.82) is 0 Å². The molecule has 2 aromatic heterocycles. The molecule has 0 unspecified atom stereocenters. The lowest BCUT2D eigenvalue weighted by atomic mass is 9.95. The largest absolute Gasteiger partial charge is 0.332 e. The van der Waals surface area contributed by atoms with E-state index >= 15 is 0 Å². The average Bonchev–Trinajstić information content (AvgIpc) is 3.12. The summed E-state index contributed by atoms with van der Waals surface area (Å²) in [6.07, 6.45) is -0.180. The number of alkyl halides is 2. The maximum absolute atomic E-state index is 13.1. The lowest BCUT2D eigenvalue weighted by molar-refractivity contribution is 0.145. The fourth-order valence-corrected chi connectivity index (χ4v) is 4.07. The van der Waals surface area contributed by atoms with E-state index in [1.807, 2.05) is 18.2 Å². The van der Waals surface area contributed by atoms with E-state index in [4.69, 9.17) is 16.1 Å². The van der Waals surface area contributed by atoms with E-state index in [9.17, 15) is 17.2 Å². The van der Waals surface area contributed by atoms with Gasteiger partial charge in [0.05, 0.1) is 17.7 Å². The molecular formula is C18H17ClF2N4O3S. The van der Waals surface area contributed by atoms with Crippen LogP contribution in [0.1, 0.15) is 36.3 Å². The van der Waals surface area contributed by atoms with Crippen LogP contribution in [0.4, 0.5) is 8.78 Å². The second-order valence-corrected chi connectivity index (χ2v) is 9.76. The Morgan fingerprint density at radius 1 is 1.31 bits per heavy atom. The second-order valence-electron chi connectivity index (χ2n) is 7.09. The van der Waals surface area contributed by atoms with Crippen LogP contribution in [0.25, 0.3) is 11.6 Å². The normalized spacial score (nSPS) is 15.8. The molecule has 2 heterocycles. The van der Waals surface area contributed by atoms with Gasteiger partial charge in [-0.3, -0.25) is 4.68 Å². The number of benzene rings is 1. The quantitative estimate of drug-likeness (QED) is 0.554. The molecule has 0 radical (unpaired) electrons. The van der Waals surface area contributed by atoms with Gasteiger partial charge < -0.3 is 4.52 Å². The third-order valence-corrected chi connectivity index (χ3v) is 6.16. The van der Waals surface area contributed by atoms with Crippen LogP contribution in [0.5, 0.6) is 0 Å². The minimum Gasteiger partial charge on any atom is -0.332 e. The smallest absolute Gasteiger partial charge is 0.282 e. The molecule has 0 aliphatic heterocycles. The van der Waals surface area contributed by atoms with Gasteiger partial charge in [0, 0.05) is 11.3 Å². The molecule has 1 aromatic carbocycles. The molecular weight excluding hydrogens is 426 g/mol. The van der Waals surface area contributed by atoms with Crippen molar-refractivity contribution in [2.24, 2.45) is 0 Å². The van der Waals surface area contributed by atoms with Crippen molar-refractivity contribution in [3.8, 4) is 11.6 Å². The van der Waals surface area contributed by atoms with Crippen LogP contribution in [-0.4, -0.2) is 40.3 Å². The number of hydrogen-bond donors (Lipinski definition) is 0. The van der Waals surface area contributed by atoms with Gasteiger partial charge in [0.2, 0.25) is 0 Å². The fourth-order valence-electron chi connectivity index (χ4n) is 3.25.